The smallest absolute Gasteiger partial charge is 0.317 e. The van der Waals surface area contributed by atoms with E-state index in [1.807, 2.05) is 4.90 Å². The number of rotatable bonds is 5. The number of amides is 2. The van der Waals surface area contributed by atoms with Crippen molar-refractivity contribution in [3.8, 4) is 0 Å². The van der Waals surface area contributed by atoms with E-state index in [2.05, 4.69) is 19.2 Å². The van der Waals surface area contributed by atoms with Crippen molar-refractivity contribution in [1.82, 2.24) is 10.2 Å². The summed E-state index contributed by atoms with van der Waals surface area (Å²) in [7, 11) is 0. The van der Waals surface area contributed by atoms with Gasteiger partial charge in [-0.2, -0.15) is 0 Å². The number of ether oxygens (including phenoxy) is 2. The summed E-state index contributed by atoms with van der Waals surface area (Å²) in [5.41, 5.74) is 0. The molecule has 5 heteroatoms. The molecule has 0 bridgehead atoms. The van der Waals surface area contributed by atoms with E-state index in [1.54, 1.807) is 0 Å². The largest absolute Gasteiger partial charge is 0.377 e. The molecule has 0 aromatic heterocycles. The highest BCUT2D eigenvalue weighted by Crippen LogP contribution is 2.21. The van der Waals surface area contributed by atoms with Crippen LogP contribution in [0.3, 0.4) is 0 Å². The minimum absolute atomic E-state index is 0.0464. The zero-order chi connectivity index (χ0) is 14.4. The number of carbonyl (C=O) groups is 1. The van der Waals surface area contributed by atoms with Crippen molar-refractivity contribution in [3.63, 3.8) is 0 Å². The first-order valence-corrected chi connectivity index (χ1v) is 7.90. The second-order valence-electron chi connectivity index (χ2n) is 6.11. The maximum absolute atomic E-state index is 12.1. The predicted octanol–water partition coefficient (Wildman–Crippen LogP) is 2.01. The number of hydrogen-bond acceptors (Lipinski definition) is 3. The van der Waals surface area contributed by atoms with E-state index in [9.17, 15) is 4.79 Å². The molecule has 20 heavy (non-hydrogen) atoms. The molecule has 2 amide bonds. The van der Waals surface area contributed by atoms with Crippen LogP contribution in [0.5, 0.6) is 0 Å². The second-order valence-corrected chi connectivity index (χ2v) is 6.11. The molecule has 1 N–H and O–H groups in total. The molecule has 2 rings (SSSR count). The van der Waals surface area contributed by atoms with E-state index < -0.39 is 0 Å². The first-order chi connectivity index (χ1) is 9.66. The van der Waals surface area contributed by atoms with Gasteiger partial charge in [-0.05, 0) is 38.5 Å². The number of carbonyl (C=O) groups excluding carboxylic acids is 1. The Hall–Kier alpha value is -0.810. The standard InChI is InChI=1S/C15H28N2O3/c1-12-5-7-17(13(2)10-12)15(18)16-6-9-19-11-14-4-3-8-20-14/h12-14H,3-11H2,1-2H3,(H,16,18)/t12-,13-,14-/m1/s1. The van der Waals surface area contributed by atoms with Crippen molar-refractivity contribution in [1.29, 1.82) is 0 Å². The Morgan fingerprint density at radius 1 is 1.40 bits per heavy atom. The summed E-state index contributed by atoms with van der Waals surface area (Å²) in [6.45, 7) is 7.89. The average Bonchev–Trinajstić information content (AvgIpc) is 2.91. The van der Waals surface area contributed by atoms with Crippen molar-refractivity contribution in [2.45, 2.75) is 51.7 Å². The Labute approximate surface area is 122 Å². The van der Waals surface area contributed by atoms with E-state index in [4.69, 9.17) is 9.47 Å². The highest BCUT2D eigenvalue weighted by atomic mass is 16.5. The molecule has 0 aromatic carbocycles. The third kappa shape index (κ3) is 4.63. The molecule has 3 atom stereocenters. The second kappa shape index (κ2) is 7.84. The first kappa shape index (κ1) is 15.6. The summed E-state index contributed by atoms with van der Waals surface area (Å²) in [6.07, 6.45) is 4.69. The SMILES string of the molecule is C[C@@H]1CCN(C(=O)NCCOC[C@H]2CCCO2)[C@H](C)C1. The fourth-order valence-corrected chi connectivity index (χ4v) is 3.03. The third-order valence-electron chi connectivity index (χ3n) is 4.25. The van der Waals surface area contributed by atoms with Crippen LogP contribution in [0.2, 0.25) is 0 Å². The van der Waals surface area contributed by atoms with Gasteiger partial charge < -0.3 is 19.7 Å². The maximum atomic E-state index is 12.1. The molecule has 2 aliphatic heterocycles. The van der Waals surface area contributed by atoms with Gasteiger partial charge in [0.25, 0.3) is 0 Å². The van der Waals surface area contributed by atoms with Crippen molar-refractivity contribution in [3.05, 3.63) is 0 Å². The highest BCUT2D eigenvalue weighted by molar-refractivity contribution is 5.74. The quantitative estimate of drug-likeness (QED) is 0.786. The van der Waals surface area contributed by atoms with Gasteiger partial charge in [0.1, 0.15) is 0 Å². The number of nitrogens with zero attached hydrogens (tertiary/aromatic N) is 1. The number of hydrogen-bond donors (Lipinski definition) is 1. The molecule has 0 saturated carbocycles. The van der Waals surface area contributed by atoms with Gasteiger partial charge in [-0.3, -0.25) is 0 Å². The molecule has 0 radical (unpaired) electrons. The van der Waals surface area contributed by atoms with Crippen molar-refractivity contribution < 1.29 is 14.3 Å². The molecule has 116 valence electrons. The van der Waals surface area contributed by atoms with Gasteiger partial charge in [-0.25, -0.2) is 4.79 Å². The summed E-state index contributed by atoms with van der Waals surface area (Å²) in [5, 5.41) is 2.94. The molecule has 0 spiro atoms. The lowest BCUT2D eigenvalue weighted by atomic mass is 9.94. The summed E-state index contributed by atoms with van der Waals surface area (Å²) in [6, 6.07) is 0.386. The van der Waals surface area contributed by atoms with E-state index in [0.29, 0.717) is 25.8 Å². The van der Waals surface area contributed by atoms with Crippen LogP contribution in [0.1, 0.15) is 39.5 Å². The van der Waals surface area contributed by atoms with Crippen LogP contribution in [0.4, 0.5) is 4.79 Å². The van der Waals surface area contributed by atoms with Gasteiger partial charge in [0, 0.05) is 25.7 Å². The Morgan fingerprint density at radius 3 is 2.95 bits per heavy atom. The Balaban J connectivity index is 1.55. The van der Waals surface area contributed by atoms with E-state index in [0.717, 1.165) is 44.8 Å². The van der Waals surface area contributed by atoms with Crippen LogP contribution in [0.15, 0.2) is 0 Å². The number of nitrogens with one attached hydrogen (secondary N) is 1. The van der Waals surface area contributed by atoms with Gasteiger partial charge in [0.05, 0.1) is 19.3 Å². The molecule has 5 nitrogen and oxygen atoms in total. The van der Waals surface area contributed by atoms with Crippen molar-refractivity contribution >= 4 is 6.03 Å². The van der Waals surface area contributed by atoms with Crippen LogP contribution < -0.4 is 5.32 Å². The van der Waals surface area contributed by atoms with E-state index in [1.165, 1.54) is 0 Å². The third-order valence-corrected chi connectivity index (χ3v) is 4.25. The highest BCUT2D eigenvalue weighted by Gasteiger charge is 2.26. The minimum Gasteiger partial charge on any atom is -0.377 e. The van der Waals surface area contributed by atoms with Gasteiger partial charge in [-0.1, -0.05) is 6.92 Å². The van der Waals surface area contributed by atoms with Crippen LogP contribution >= 0.6 is 0 Å². The van der Waals surface area contributed by atoms with Crippen LogP contribution in [-0.2, 0) is 9.47 Å². The van der Waals surface area contributed by atoms with Crippen LogP contribution in [-0.4, -0.2) is 56.0 Å². The average molecular weight is 284 g/mol. The molecular formula is C15H28N2O3. The predicted molar refractivity (Wildman–Crippen MR) is 77.8 cm³/mol. The number of piperidine rings is 1. The topological polar surface area (TPSA) is 50.8 Å². The lowest BCUT2D eigenvalue weighted by molar-refractivity contribution is 0.0184. The molecule has 0 aromatic rings. The Morgan fingerprint density at radius 2 is 2.25 bits per heavy atom. The molecular weight excluding hydrogens is 256 g/mol. The van der Waals surface area contributed by atoms with Gasteiger partial charge in [0.15, 0.2) is 0 Å². The van der Waals surface area contributed by atoms with Crippen LogP contribution in [0.25, 0.3) is 0 Å². The molecule has 0 unspecified atom stereocenters. The molecule has 2 saturated heterocycles. The minimum atomic E-state index is 0.0464. The van der Waals surface area contributed by atoms with Crippen molar-refractivity contribution in [2.24, 2.45) is 5.92 Å². The summed E-state index contributed by atoms with van der Waals surface area (Å²) in [4.78, 5) is 14.0. The zero-order valence-corrected chi connectivity index (χ0v) is 12.8. The Bertz CT molecular complexity index is 305. The van der Waals surface area contributed by atoms with Crippen LogP contribution in [0, 0.1) is 5.92 Å². The molecule has 2 heterocycles. The number of likely N-dealkylation sites (tertiary alicyclic amines) is 1. The first-order valence-electron chi connectivity index (χ1n) is 7.90. The normalized spacial score (nSPS) is 30.5. The zero-order valence-electron chi connectivity index (χ0n) is 12.8. The molecule has 0 aliphatic carbocycles. The Kier molecular flexibility index (Phi) is 6.10. The monoisotopic (exact) mass is 284 g/mol. The van der Waals surface area contributed by atoms with E-state index in [-0.39, 0.29) is 12.1 Å². The fraction of sp³-hybridized carbons (Fsp3) is 0.933. The molecule has 2 aliphatic rings. The summed E-state index contributed by atoms with van der Waals surface area (Å²) < 4.78 is 11.0. The van der Waals surface area contributed by atoms with Crippen molar-refractivity contribution in [2.75, 3.05) is 32.9 Å². The number of urea groups is 1. The fourth-order valence-electron chi connectivity index (χ4n) is 3.03. The summed E-state index contributed by atoms with van der Waals surface area (Å²) in [5.74, 6) is 0.726. The van der Waals surface area contributed by atoms with Gasteiger partial charge in [-0.15, -0.1) is 0 Å². The lowest BCUT2D eigenvalue weighted by Gasteiger charge is -2.36. The summed E-state index contributed by atoms with van der Waals surface area (Å²) >= 11 is 0. The molecule has 2 fully saturated rings. The van der Waals surface area contributed by atoms with Gasteiger partial charge >= 0.3 is 6.03 Å². The lowest BCUT2D eigenvalue weighted by Crippen LogP contribution is -2.49. The van der Waals surface area contributed by atoms with Gasteiger partial charge in [0.2, 0.25) is 0 Å². The maximum Gasteiger partial charge on any atom is 0.317 e. The van der Waals surface area contributed by atoms with E-state index >= 15 is 0 Å².